The van der Waals surface area contributed by atoms with Crippen molar-refractivity contribution in [2.24, 2.45) is 0 Å². The number of benzene rings is 3. The molecule has 0 aliphatic rings. The lowest BCUT2D eigenvalue weighted by atomic mass is 10.1. The van der Waals surface area contributed by atoms with Gasteiger partial charge >= 0.3 is 5.97 Å². The zero-order valence-electron chi connectivity index (χ0n) is 15.2. The van der Waals surface area contributed by atoms with Gasteiger partial charge in [-0.15, -0.1) is 0 Å². The van der Waals surface area contributed by atoms with E-state index in [4.69, 9.17) is 0 Å². The molecule has 0 atom stereocenters. The number of hydrogen-bond acceptors (Lipinski definition) is 4. The maximum Gasteiger partial charge on any atom is 0.337 e. The van der Waals surface area contributed by atoms with Crippen LogP contribution in [0.3, 0.4) is 0 Å². The molecule has 0 saturated carbocycles. The third-order valence-electron chi connectivity index (χ3n) is 4.23. The summed E-state index contributed by atoms with van der Waals surface area (Å²) in [4.78, 5) is 26.2. The summed E-state index contributed by atoms with van der Waals surface area (Å²) < 4.78 is 4.67. The van der Waals surface area contributed by atoms with Crippen molar-refractivity contribution < 1.29 is 14.3 Å². The lowest BCUT2D eigenvalue weighted by Crippen LogP contribution is -2.16. The van der Waals surface area contributed by atoms with Gasteiger partial charge in [0, 0.05) is 18.3 Å². The number of anilines is 3. The Labute approximate surface area is 158 Å². The Morgan fingerprint density at radius 3 is 2.07 bits per heavy atom. The summed E-state index contributed by atoms with van der Waals surface area (Å²) in [6.07, 6.45) is 0. The number of carbonyl (C=O) groups excluding carboxylic acids is 2. The van der Waals surface area contributed by atoms with Crippen LogP contribution in [-0.2, 0) is 4.74 Å². The number of methoxy groups -OCH3 is 1. The van der Waals surface area contributed by atoms with Crippen LogP contribution in [0.5, 0.6) is 0 Å². The molecule has 0 saturated heterocycles. The van der Waals surface area contributed by atoms with E-state index in [1.807, 2.05) is 66.5 Å². The number of rotatable bonds is 5. The van der Waals surface area contributed by atoms with Gasteiger partial charge in [0.25, 0.3) is 5.91 Å². The SMILES string of the molecule is COC(=O)c1ccc(C(=O)Nc2ccccc2N(C)c2ccccc2)cc1. The minimum absolute atomic E-state index is 0.250. The third kappa shape index (κ3) is 4.15. The molecule has 3 aromatic rings. The molecule has 136 valence electrons. The fourth-order valence-electron chi connectivity index (χ4n) is 2.73. The lowest BCUT2D eigenvalue weighted by molar-refractivity contribution is 0.0600. The molecule has 1 amide bonds. The molecule has 0 radical (unpaired) electrons. The van der Waals surface area contributed by atoms with Crippen LogP contribution in [0.1, 0.15) is 20.7 Å². The largest absolute Gasteiger partial charge is 0.465 e. The molecule has 0 aromatic heterocycles. The summed E-state index contributed by atoms with van der Waals surface area (Å²) in [5.74, 6) is -0.683. The van der Waals surface area contributed by atoms with Crippen LogP contribution in [0.15, 0.2) is 78.9 Å². The highest BCUT2D eigenvalue weighted by atomic mass is 16.5. The highest BCUT2D eigenvalue weighted by Gasteiger charge is 2.13. The summed E-state index contributed by atoms with van der Waals surface area (Å²) in [6.45, 7) is 0. The Hall–Kier alpha value is -3.60. The van der Waals surface area contributed by atoms with Gasteiger partial charge in [-0.3, -0.25) is 4.79 Å². The molecule has 0 spiro atoms. The first kappa shape index (κ1) is 18.2. The number of carbonyl (C=O) groups is 2. The zero-order valence-corrected chi connectivity index (χ0v) is 15.2. The third-order valence-corrected chi connectivity index (χ3v) is 4.23. The van der Waals surface area contributed by atoms with Crippen LogP contribution < -0.4 is 10.2 Å². The average molecular weight is 360 g/mol. The Bertz CT molecular complexity index is 937. The summed E-state index contributed by atoms with van der Waals surface area (Å²) >= 11 is 0. The standard InChI is InChI=1S/C22H20N2O3/c1-24(18-8-4-3-5-9-18)20-11-7-6-10-19(20)23-21(25)16-12-14-17(15-13-16)22(26)27-2/h3-15H,1-2H3,(H,23,25). The number of esters is 1. The topological polar surface area (TPSA) is 58.6 Å². The van der Waals surface area contributed by atoms with Crippen LogP contribution >= 0.6 is 0 Å². The minimum Gasteiger partial charge on any atom is -0.465 e. The molecule has 0 heterocycles. The van der Waals surface area contributed by atoms with Crippen molar-refractivity contribution in [2.75, 3.05) is 24.4 Å². The van der Waals surface area contributed by atoms with Crippen molar-refractivity contribution in [1.29, 1.82) is 0 Å². The van der Waals surface area contributed by atoms with Crippen LogP contribution in [0.4, 0.5) is 17.1 Å². The van der Waals surface area contributed by atoms with Crippen molar-refractivity contribution in [1.82, 2.24) is 0 Å². The smallest absolute Gasteiger partial charge is 0.337 e. The number of hydrogen-bond donors (Lipinski definition) is 1. The molecule has 0 bridgehead atoms. The fourth-order valence-corrected chi connectivity index (χ4v) is 2.73. The van der Waals surface area contributed by atoms with Gasteiger partial charge in [-0.25, -0.2) is 4.79 Å². The van der Waals surface area contributed by atoms with Gasteiger partial charge < -0.3 is 15.0 Å². The number of para-hydroxylation sites is 3. The van der Waals surface area contributed by atoms with E-state index in [-0.39, 0.29) is 5.91 Å². The quantitative estimate of drug-likeness (QED) is 0.681. The van der Waals surface area contributed by atoms with E-state index in [2.05, 4.69) is 10.1 Å². The Morgan fingerprint density at radius 2 is 1.41 bits per heavy atom. The first-order chi connectivity index (χ1) is 13.1. The molecule has 0 aliphatic heterocycles. The summed E-state index contributed by atoms with van der Waals surface area (Å²) in [5, 5.41) is 2.94. The summed E-state index contributed by atoms with van der Waals surface area (Å²) in [6, 6.07) is 23.9. The summed E-state index contributed by atoms with van der Waals surface area (Å²) in [7, 11) is 3.27. The van der Waals surface area contributed by atoms with Gasteiger partial charge in [0.05, 0.1) is 24.0 Å². The van der Waals surface area contributed by atoms with Gasteiger partial charge in [-0.05, 0) is 48.5 Å². The van der Waals surface area contributed by atoms with E-state index in [0.29, 0.717) is 16.8 Å². The van der Waals surface area contributed by atoms with Gasteiger partial charge in [0.15, 0.2) is 0 Å². The average Bonchev–Trinajstić information content (AvgIpc) is 2.73. The second kappa shape index (κ2) is 8.19. The lowest BCUT2D eigenvalue weighted by Gasteiger charge is -2.22. The second-order valence-electron chi connectivity index (χ2n) is 5.93. The number of nitrogens with one attached hydrogen (secondary N) is 1. The monoisotopic (exact) mass is 360 g/mol. The van der Waals surface area contributed by atoms with Gasteiger partial charge in [0.1, 0.15) is 0 Å². The van der Waals surface area contributed by atoms with Gasteiger partial charge in [-0.1, -0.05) is 30.3 Å². The van der Waals surface area contributed by atoms with Crippen LogP contribution in [-0.4, -0.2) is 26.0 Å². The predicted octanol–water partition coefficient (Wildman–Crippen LogP) is 4.49. The number of ether oxygens (including phenoxy) is 1. The Morgan fingerprint density at radius 1 is 0.815 bits per heavy atom. The minimum atomic E-state index is -0.434. The van der Waals surface area contributed by atoms with E-state index in [1.165, 1.54) is 7.11 Å². The molecule has 5 heteroatoms. The van der Waals surface area contributed by atoms with Gasteiger partial charge in [-0.2, -0.15) is 0 Å². The molecular formula is C22H20N2O3. The molecule has 0 aliphatic carbocycles. The fraction of sp³-hybridized carbons (Fsp3) is 0.0909. The summed E-state index contributed by atoms with van der Waals surface area (Å²) in [5.41, 5.74) is 3.45. The van der Waals surface area contributed by atoms with Crippen LogP contribution in [0.2, 0.25) is 0 Å². The maximum atomic E-state index is 12.6. The Balaban J connectivity index is 1.82. The zero-order chi connectivity index (χ0) is 19.2. The van der Waals surface area contributed by atoms with Gasteiger partial charge in [0.2, 0.25) is 0 Å². The van der Waals surface area contributed by atoms with Crippen LogP contribution in [0.25, 0.3) is 0 Å². The van der Waals surface area contributed by atoms with Crippen molar-refractivity contribution >= 4 is 28.9 Å². The number of nitrogens with zero attached hydrogens (tertiary/aromatic N) is 1. The van der Waals surface area contributed by atoms with E-state index < -0.39 is 5.97 Å². The Kier molecular flexibility index (Phi) is 5.52. The van der Waals surface area contributed by atoms with Crippen molar-refractivity contribution in [2.45, 2.75) is 0 Å². The molecule has 0 unspecified atom stereocenters. The van der Waals surface area contributed by atoms with Crippen molar-refractivity contribution in [3.63, 3.8) is 0 Å². The van der Waals surface area contributed by atoms with Crippen molar-refractivity contribution in [3.8, 4) is 0 Å². The van der Waals surface area contributed by atoms with Crippen LogP contribution in [0, 0.1) is 0 Å². The normalized spacial score (nSPS) is 10.1. The van der Waals surface area contributed by atoms with E-state index >= 15 is 0 Å². The first-order valence-electron chi connectivity index (χ1n) is 8.47. The van der Waals surface area contributed by atoms with E-state index in [0.717, 1.165) is 11.4 Å². The molecule has 1 N–H and O–H groups in total. The van der Waals surface area contributed by atoms with E-state index in [1.54, 1.807) is 24.3 Å². The molecule has 5 nitrogen and oxygen atoms in total. The second-order valence-corrected chi connectivity index (χ2v) is 5.93. The first-order valence-corrected chi connectivity index (χ1v) is 8.47. The molecule has 0 fully saturated rings. The van der Waals surface area contributed by atoms with E-state index in [9.17, 15) is 9.59 Å². The highest BCUT2D eigenvalue weighted by Crippen LogP contribution is 2.30. The van der Waals surface area contributed by atoms with Crippen molar-refractivity contribution in [3.05, 3.63) is 90.0 Å². The molecule has 27 heavy (non-hydrogen) atoms. The molecule has 3 aromatic carbocycles. The molecule has 3 rings (SSSR count). The maximum absolute atomic E-state index is 12.6. The number of amides is 1. The highest BCUT2D eigenvalue weighted by molar-refractivity contribution is 6.06. The predicted molar refractivity (Wildman–Crippen MR) is 107 cm³/mol. The molecular weight excluding hydrogens is 340 g/mol.